The largest absolute Gasteiger partial charge is 0.385 e. The topological polar surface area (TPSA) is 44.0 Å². The van der Waals surface area contributed by atoms with Crippen molar-refractivity contribution < 1.29 is 5.11 Å². The summed E-state index contributed by atoms with van der Waals surface area (Å²) in [6.07, 6.45) is 3.13. The highest BCUT2D eigenvalue weighted by molar-refractivity contribution is 5.83. The first-order chi connectivity index (χ1) is 9.24. The van der Waals surface area contributed by atoms with Gasteiger partial charge in [-0.3, -0.25) is 0 Å². The summed E-state index contributed by atoms with van der Waals surface area (Å²) in [6.45, 7) is 0. The molecule has 1 N–H and O–H groups in total. The average molecular weight is 251 g/mol. The van der Waals surface area contributed by atoms with Crippen molar-refractivity contribution in [3.63, 3.8) is 0 Å². The van der Waals surface area contributed by atoms with Gasteiger partial charge in [-0.05, 0) is 41.7 Å². The van der Waals surface area contributed by atoms with Crippen molar-refractivity contribution in [3.05, 3.63) is 48.0 Å². The minimum Gasteiger partial charge on any atom is -0.385 e. The van der Waals surface area contributed by atoms with Crippen molar-refractivity contribution in [1.82, 2.24) is 0 Å². The number of nitrogens with zero attached hydrogens (tertiary/aromatic N) is 1. The summed E-state index contributed by atoms with van der Waals surface area (Å²) < 4.78 is 0. The fourth-order valence-electron chi connectivity index (χ4n) is 3.28. The van der Waals surface area contributed by atoms with Gasteiger partial charge in [-0.2, -0.15) is 5.26 Å². The maximum absolute atomic E-state index is 11.0. The van der Waals surface area contributed by atoms with Gasteiger partial charge in [0.05, 0.1) is 11.7 Å². The molecule has 3 rings (SSSR count). The molecule has 1 fully saturated rings. The van der Waals surface area contributed by atoms with E-state index in [-0.39, 0.29) is 5.92 Å². The number of benzene rings is 2. The molecule has 2 nitrogen and oxygen atoms in total. The summed E-state index contributed by atoms with van der Waals surface area (Å²) in [6, 6.07) is 16.5. The molecule has 19 heavy (non-hydrogen) atoms. The van der Waals surface area contributed by atoms with Crippen LogP contribution in [-0.4, -0.2) is 5.11 Å². The minimum absolute atomic E-state index is 0.0682. The van der Waals surface area contributed by atoms with E-state index in [1.165, 1.54) is 5.39 Å². The van der Waals surface area contributed by atoms with Gasteiger partial charge in [-0.15, -0.1) is 0 Å². The fourth-order valence-corrected chi connectivity index (χ4v) is 3.28. The number of nitriles is 1. The molecule has 0 radical (unpaired) electrons. The molecule has 2 heteroatoms. The molecule has 1 aliphatic carbocycles. The second kappa shape index (κ2) is 4.68. The zero-order valence-corrected chi connectivity index (χ0v) is 10.8. The van der Waals surface area contributed by atoms with Gasteiger partial charge >= 0.3 is 0 Å². The van der Waals surface area contributed by atoms with Gasteiger partial charge in [0, 0.05) is 12.3 Å². The van der Waals surface area contributed by atoms with E-state index in [2.05, 4.69) is 30.3 Å². The molecule has 2 aromatic carbocycles. The van der Waals surface area contributed by atoms with Crippen LogP contribution in [0.4, 0.5) is 0 Å². The van der Waals surface area contributed by atoms with Crippen LogP contribution in [0, 0.1) is 17.2 Å². The van der Waals surface area contributed by atoms with Crippen LogP contribution < -0.4 is 0 Å². The maximum atomic E-state index is 11.0. The molecule has 1 saturated carbocycles. The number of hydrogen-bond acceptors (Lipinski definition) is 2. The normalized spacial score (nSPS) is 26.4. The van der Waals surface area contributed by atoms with Gasteiger partial charge in [0.2, 0.25) is 0 Å². The highest BCUT2D eigenvalue weighted by atomic mass is 16.3. The molecule has 0 aliphatic heterocycles. The van der Waals surface area contributed by atoms with Crippen molar-refractivity contribution in [3.8, 4) is 6.07 Å². The molecule has 96 valence electrons. The Balaban J connectivity index is 2.05. The Morgan fingerprint density at radius 2 is 2.00 bits per heavy atom. The van der Waals surface area contributed by atoms with E-state index < -0.39 is 5.60 Å². The zero-order chi connectivity index (χ0) is 13.3. The first-order valence-electron chi connectivity index (χ1n) is 6.82. The lowest BCUT2D eigenvalue weighted by atomic mass is 9.81. The summed E-state index contributed by atoms with van der Waals surface area (Å²) in [5.74, 6) is 0.0682. The van der Waals surface area contributed by atoms with E-state index in [1.807, 2.05) is 18.2 Å². The Labute approximate surface area is 113 Å². The third-order valence-electron chi connectivity index (χ3n) is 4.37. The number of aliphatic hydroxyl groups is 1. The molecule has 0 spiro atoms. The number of hydrogen-bond donors (Lipinski definition) is 1. The molecule has 1 aliphatic rings. The molecule has 2 atom stereocenters. The van der Waals surface area contributed by atoms with Gasteiger partial charge in [-0.1, -0.05) is 36.4 Å². The minimum atomic E-state index is -0.820. The third kappa shape index (κ3) is 2.01. The molecular formula is C17H17NO. The van der Waals surface area contributed by atoms with Crippen LogP contribution >= 0.6 is 0 Å². The molecule has 0 heterocycles. The van der Waals surface area contributed by atoms with E-state index >= 15 is 0 Å². The summed E-state index contributed by atoms with van der Waals surface area (Å²) in [5.41, 5.74) is 0.142. The van der Waals surface area contributed by atoms with Crippen LogP contribution in [0.25, 0.3) is 10.8 Å². The van der Waals surface area contributed by atoms with Crippen molar-refractivity contribution >= 4 is 10.8 Å². The predicted octanol–water partition coefficient (Wildman–Crippen LogP) is 3.74. The highest BCUT2D eigenvalue weighted by Gasteiger charge is 2.42. The van der Waals surface area contributed by atoms with Gasteiger partial charge in [0.1, 0.15) is 0 Å². The SMILES string of the molecule is N#CC[C@H]1CCC[C@]1(O)c1ccc2ccccc2c1. The lowest BCUT2D eigenvalue weighted by Crippen LogP contribution is -2.29. The number of fused-ring (bicyclic) bond motifs is 1. The highest BCUT2D eigenvalue weighted by Crippen LogP contribution is 2.45. The van der Waals surface area contributed by atoms with Gasteiger partial charge in [0.25, 0.3) is 0 Å². The zero-order valence-electron chi connectivity index (χ0n) is 10.8. The van der Waals surface area contributed by atoms with Crippen LogP contribution in [0.5, 0.6) is 0 Å². The second-order valence-electron chi connectivity index (χ2n) is 5.44. The standard InChI is InChI=1S/C17H17NO/c18-11-9-15-6-3-10-17(15,19)16-8-7-13-4-1-2-5-14(13)12-16/h1-2,4-5,7-8,12,15,19H,3,6,9-10H2/t15-,17-/m1/s1. The third-order valence-corrected chi connectivity index (χ3v) is 4.37. The van der Waals surface area contributed by atoms with Crippen molar-refractivity contribution in [1.29, 1.82) is 5.26 Å². The van der Waals surface area contributed by atoms with E-state index in [0.29, 0.717) is 6.42 Å². The van der Waals surface area contributed by atoms with Gasteiger partial charge in [0.15, 0.2) is 0 Å². The Hall–Kier alpha value is -1.85. The fraction of sp³-hybridized carbons (Fsp3) is 0.353. The first kappa shape index (κ1) is 12.2. The van der Waals surface area contributed by atoms with Crippen molar-refractivity contribution in [2.24, 2.45) is 5.92 Å². The van der Waals surface area contributed by atoms with Crippen molar-refractivity contribution in [2.45, 2.75) is 31.3 Å². The summed E-state index contributed by atoms with van der Waals surface area (Å²) in [4.78, 5) is 0. The first-order valence-corrected chi connectivity index (χ1v) is 6.82. The lowest BCUT2D eigenvalue weighted by molar-refractivity contribution is -0.000678. The van der Waals surface area contributed by atoms with E-state index in [9.17, 15) is 5.11 Å². The predicted molar refractivity (Wildman–Crippen MR) is 75.4 cm³/mol. The van der Waals surface area contributed by atoms with Crippen LogP contribution in [0.15, 0.2) is 42.5 Å². The smallest absolute Gasteiger partial charge is 0.0934 e. The molecule has 0 saturated heterocycles. The molecule has 0 aromatic heterocycles. The second-order valence-corrected chi connectivity index (χ2v) is 5.44. The van der Waals surface area contributed by atoms with E-state index in [0.717, 1.165) is 30.2 Å². The maximum Gasteiger partial charge on any atom is 0.0934 e. The Morgan fingerprint density at radius 1 is 1.21 bits per heavy atom. The Kier molecular flexibility index (Phi) is 3.00. The molecule has 2 aromatic rings. The molecular weight excluding hydrogens is 234 g/mol. The Morgan fingerprint density at radius 3 is 2.79 bits per heavy atom. The summed E-state index contributed by atoms with van der Waals surface area (Å²) in [5, 5.41) is 22.2. The molecule has 0 amide bonds. The van der Waals surface area contributed by atoms with Crippen molar-refractivity contribution in [2.75, 3.05) is 0 Å². The van der Waals surface area contributed by atoms with Crippen LogP contribution in [0.2, 0.25) is 0 Å². The quantitative estimate of drug-likeness (QED) is 0.883. The van der Waals surface area contributed by atoms with Gasteiger partial charge in [-0.25, -0.2) is 0 Å². The van der Waals surface area contributed by atoms with Gasteiger partial charge < -0.3 is 5.11 Å². The van der Waals surface area contributed by atoms with E-state index in [4.69, 9.17) is 5.26 Å². The Bertz CT molecular complexity index is 643. The monoisotopic (exact) mass is 251 g/mol. The lowest BCUT2D eigenvalue weighted by Gasteiger charge is -2.29. The summed E-state index contributed by atoms with van der Waals surface area (Å²) >= 11 is 0. The molecule has 0 bridgehead atoms. The summed E-state index contributed by atoms with van der Waals surface area (Å²) in [7, 11) is 0. The number of rotatable bonds is 2. The molecule has 0 unspecified atom stereocenters. The van der Waals surface area contributed by atoms with E-state index in [1.54, 1.807) is 0 Å². The average Bonchev–Trinajstić information content (AvgIpc) is 2.81. The van der Waals surface area contributed by atoms with Crippen LogP contribution in [0.1, 0.15) is 31.2 Å². The van der Waals surface area contributed by atoms with Crippen LogP contribution in [-0.2, 0) is 5.60 Å². The van der Waals surface area contributed by atoms with Crippen LogP contribution in [0.3, 0.4) is 0 Å².